The molecular weight excluding hydrogens is 294 g/mol. The van der Waals surface area contributed by atoms with Crippen molar-refractivity contribution < 1.29 is 0 Å². The largest absolute Gasteiger partial charge is 0.133 e. The Morgan fingerprint density at radius 2 is 1.91 bits per heavy atom. The molecule has 1 aromatic carbocycles. The first-order valence-electron chi connectivity index (χ1n) is 3.17. The van der Waals surface area contributed by atoms with Crippen molar-refractivity contribution in [3.63, 3.8) is 0 Å². The number of rotatable bonds is 2. The molecule has 0 aromatic heterocycles. The molecule has 1 rings (SSSR count). The Hall–Kier alpha value is 0.530. The second kappa shape index (κ2) is 4.53. The van der Waals surface area contributed by atoms with Gasteiger partial charge in [0.15, 0.2) is 0 Å². The molecule has 0 bridgehead atoms. The first kappa shape index (κ1) is 9.62. The van der Waals surface area contributed by atoms with Gasteiger partial charge in [0.1, 0.15) is 4.84 Å². The van der Waals surface area contributed by atoms with Crippen LogP contribution < -0.4 is 0 Å². The van der Waals surface area contributed by atoms with Crippen molar-refractivity contribution in [1.82, 2.24) is 0 Å². The van der Waals surface area contributed by atoms with Gasteiger partial charge in [-0.2, -0.15) is 0 Å². The van der Waals surface area contributed by atoms with Crippen molar-refractivity contribution in [2.75, 3.05) is 0 Å². The Morgan fingerprint density at radius 3 is 2.36 bits per heavy atom. The van der Waals surface area contributed by atoms with Gasteiger partial charge in [0.2, 0.25) is 0 Å². The molecule has 3 heteroatoms. The van der Waals surface area contributed by atoms with Gasteiger partial charge < -0.3 is 0 Å². The number of alkyl halides is 3. The molecule has 0 amide bonds. The Bertz CT molecular complexity index is 235. The zero-order valence-electron chi connectivity index (χ0n) is 5.73. The van der Waals surface area contributed by atoms with E-state index in [1.54, 1.807) is 0 Å². The van der Waals surface area contributed by atoms with Gasteiger partial charge in [0, 0.05) is 4.43 Å². The van der Waals surface area contributed by atoms with E-state index in [0.29, 0.717) is 0 Å². The van der Waals surface area contributed by atoms with Gasteiger partial charge in [-0.3, -0.25) is 0 Å². The predicted octanol–water partition coefficient (Wildman–Crippen LogP) is 4.10. The van der Waals surface area contributed by atoms with Gasteiger partial charge >= 0.3 is 0 Å². The van der Waals surface area contributed by atoms with Crippen LogP contribution in [0.4, 0.5) is 0 Å². The third kappa shape index (κ3) is 2.49. The molecule has 11 heavy (non-hydrogen) atoms. The van der Waals surface area contributed by atoms with Gasteiger partial charge in [-0.15, -0.1) is 23.2 Å². The quantitative estimate of drug-likeness (QED) is 0.570. The van der Waals surface area contributed by atoms with E-state index in [4.69, 9.17) is 23.2 Å². The molecule has 1 aromatic rings. The molecule has 0 fully saturated rings. The predicted molar refractivity (Wildman–Crippen MR) is 58.6 cm³/mol. The second-order valence-corrected chi connectivity index (χ2v) is 3.99. The zero-order chi connectivity index (χ0) is 8.27. The average Bonchev–Trinajstić information content (AvgIpc) is 2.04. The zero-order valence-corrected chi connectivity index (χ0v) is 9.40. The third-order valence-electron chi connectivity index (χ3n) is 1.43. The van der Waals surface area contributed by atoms with Gasteiger partial charge in [-0.05, 0) is 11.1 Å². The fraction of sp³-hybridized carbons (Fsp3) is 0.250. The van der Waals surface area contributed by atoms with Crippen LogP contribution in [0.5, 0.6) is 0 Å². The average molecular weight is 301 g/mol. The summed E-state index contributed by atoms with van der Waals surface area (Å²) in [4.78, 5) is -0.402. The van der Waals surface area contributed by atoms with E-state index in [2.05, 4.69) is 22.6 Å². The molecule has 0 unspecified atom stereocenters. The van der Waals surface area contributed by atoms with Crippen molar-refractivity contribution in [3.05, 3.63) is 35.4 Å². The van der Waals surface area contributed by atoms with E-state index >= 15 is 0 Å². The lowest BCUT2D eigenvalue weighted by Gasteiger charge is -2.05. The van der Waals surface area contributed by atoms with Crippen molar-refractivity contribution >= 4 is 45.8 Å². The van der Waals surface area contributed by atoms with Crippen molar-refractivity contribution in [3.8, 4) is 0 Å². The van der Waals surface area contributed by atoms with Crippen molar-refractivity contribution in [1.29, 1.82) is 0 Å². The molecule has 0 atom stereocenters. The van der Waals surface area contributed by atoms with E-state index in [0.717, 1.165) is 9.99 Å². The Morgan fingerprint density at radius 1 is 1.27 bits per heavy atom. The van der Waals surface area contributed by atoms with Gasteiger partial charge in [0.05, 0.1) is 0 Å². The van der Waals surface area contributed by atoms with E-state index in [-0.39, 0.29) is 0 Å². The van der Waals surface area contributed by atoms with E-state index < -0.39 is 4.84 Å². The van der Waals surface area contributed by atoms with Crippen LogP contribution in [0.3, 0.4) is 0 Å². The monoisotopic (exact) mass is 300 g/mol. The maximum atomic E-state index is 5.75. The first-order chi connectivity index (χ1) is 5.25. The molecule has 0 heterocycles. The van der Waals surface area contributed by atoms with Crippen molar-refractivity contribution in [2.45, 2.75) is 9.26 Å². The van der Waals surface area contributed by atoms with Crippen LogP contribution in [0.1, 0.15) is 16.0 Å². The van der Waals surface area contributed by atoms with Crippen LogP contribution in [0, 0.1) is 0 Å². The van der Waals surface area contributed by atoms with E-state index in [9.17, 15) is 0 Å². The summed E-state index contributed by atoms with van der Waals surface area (Å²) in [5.74, 6) is 0. The minimum absolute atomic E-state index is 0.402. The summed E-state index contributed by atoms with van der Waals surface area (Å²) >= 11 is 13.8. The fourth-order valence-electron chi connectivity index (χ4n) is 0.869. The molecule has 0 aliphatic carbocycles. The normalized spacial score (nSPS) is 10.5. The summed E-state index contributed by atoms with van der Waals surface area (Å²) in [5.41, 5.74) is 2.23. The van der Waals surface area contributed by atoms with E-state index in [1.807, 2.05) is 24.3 Å². The van der Waals surface area contributed by atoms with Gasteiger partial charge in [-0.25, -0.2) is 0 Å². The highest BCUT2D eigenvalue weighted by Gasteiger charge is 2.06. The summed E-state index contributed by atoms with van der Waals surface area (Å²) in [6.45, 7) is 0. The van der Waals surface area contributed by atoms with Gasteiger partial charge in [0.25, 0.3) is 0 Å². The molecule has 0 N–H and O–H groups in total. The summed E-state index contributed by atoms with van der Waals surface area (Å²) in [7, 11) is 0. The molecule has 0 aliphatic rings. The summed E-state index contributed by atoms with van der Waals surface area (Å²) < 4.78 is 0.948. The smallest absolute Gasteiger partial charge is 0.100 e. The Balaban J connectivity index is 3.02. The topological polar surface area (TPSA) is 0 Å². The number of hydrogen-bond acceptors (Lipinski definition) is 0. The highest BCUT2D eigenvalue weighted by molar-refractivity contribution is 14.1. The number of halogens is 3. The van der Waals surface area contributed by atoms with Crippen LogP contribution >= 0.6 is 45.8 Å². The maximum absolute atomic E-state index is 5.75. The summed E-state index contributed by atoms with van der Waals surface area (Å²) in [5, 5.41) is 0. The number of hydrogen-bond donors (Lipinski definition) is 0. The Kier molecular flexibility index (Phi) is 3.96. The van der Waals surface area contributed by atoms with E-state index in [1.165, 1.54) is 5.56 Å². The standard InChI is InChI=1S/C8H7Cl2I/c9-8(10)7-4-2-1-3-6(7)5-11/h1-4,8H,5H2. The highest BCUT2D eigenvalue weighted by Crippen LogP contribution is 2.28. The van der Waals surface area contributed by atoms with Crippen LogP contribution in [0.25, 0.3) is 0 Å². The number of benzene rings is 1. The molecule has 0 spiro atoms. The molecule has 0 radical (unpaired) electrons. The molecule has 0 saturated carbocycles. The molecular formula is C8H7Cl2I. The first-order valence-corrected chi connectivity index (χ1v) is 5.57. The third-order valence-corrected chi connectivity index (χ3v) is 2.73. The van der Waals surface area contributed by atoms with Crippen LogP contribution in [0.2, 0.25) is 0 Å². The molecule has 60 valence electrons. The minimum atomic E-state index is -0.402. The minimum Gasteiger partial charge on any atom is -0.100 e. The molecule has 0 nitrogen and oxygen atoms in total. The van der Waals surface area contributed by atoms with Crippen molar-refractivity contribution in [2.24, 2.45) is 0 Å². The maximum Gasteiger partial charge on any atom is 0.133 e. The fourth-order valence-corrected chi connectivity index (χ4v) is 1.99. The van der Waals surface area contributed by atoms with Crippen LogP contribution in [-0.2, 0) is 4.43 Å². The van der Waals surface area contributed by atoms with Gasteiger partial charge in [-0.1, -0.05) is 46.9 Å². The van der Waals surface area contributed by atoms with Crippen LogP contribution in [-0.4, -0.2) is 0 Å². The SMILES string of the molecule is ClC(Cl)c1ccccc1CI. The second-order valence-electron chi connectivity index (χ2n) is 2.13. The molecule has 0 saturated heterocycles. The highest BCUT2D eigenvalue weighted by atomic mass is 127. The van der Waals surface area contributed by atoms with Crippen LogP contribution in [0.15, 0.2) is 24.3 Å². The lowest BCUT2D eigenvalue weighted by atomic mass is 10.1. The lowest BCUT2D eigenvalue weighted by Crippen LogP contribution is -1.88. The summed E-state index contributed by atoms with van der Waals surface area (Å²) in [6, 6.07) is 7.94. The summed E-state index contributed by atoms with van der Waals surface area (Å²) in [6.07, 6.45) is 0. The molecule has 0 aliphatic heterocycles. The lowest BCUT2D eigenvalue weighted by molar-refractivity contribution is 1.26. The Labute approximate surface area is 90.0 Å².